The summed E-state index contributed by atoms with van der Waals surface area (Å²) >= 11 is 3.39. The van der Waals surface area contributed by atoms with Gasteiger partial charge >= 0.3 is 5.97 Å². The van der Waals surface area contributed by atoms with Gasteiger partial charge in [0.25, 0.3) is 0 Å². The lowest BCUT2D eigenvalue weighted by Gasteiger charge is -2.15. The second-order valence-electron chi connectivity index (χ2n) is 5.28. The quantitative estimate of drug-likeness (QED) is 0.472. The van der Waals surface area contributed by atoms with Gasteiger partial charge in [0.15, 0.2) is 0 Å². The molecule has 134 valence electrons. The fourth-order valence-electron chi connectivity index (χ4n) is 2.27. The molecule has 2 rings (SSSR count). The summed E-state index contributed by atoms with van der Waals surface area (Å²) in [7, 11) is 1.52. The van der Waals surface area contributed by atoms with Crippen molar-refractivity contribution in [1.29, 1.82) is 0 Å². The van der Waals surface area contributed by atoms with Crippen LogP contribution >= 0.6 is 15.9 Å². The maximum Gasteiger partial charge on any atom is 0.310 e. The van der Waals surface area contributed by atoms with Crippen LogP contribution in [0.2, 0.25) is 0 Å². The largest absolute Gasteiger partial charge is 0.496 e. The van der Waals surface area contributed by atoms with E-state index in [-0.39, 0.29) is 24.8 Å². The van der Waals surface area contributed by atoms with Crippen molar-refractivity contribution in [3.05, 3.63) is 51.7 Å². The lowest BCUT2D eigenvalue weighted by atomic mass is 10.1. The van der Waals surface area contributed by atoms with Gasteiger partial charge in [0, 0.05) is 12.5 Å². The number of esters is 1. The average Bonchev–Trinajstić information content (AvgIpc) is 2.62. The van der Waals surface area contributed by atoms with Crippen LogP contribution in [0, 0.1) is 5.82 Å². The molecule has 0 saturated carbocycles. The van der Waals surface area contributed by atoms with Crippen molar-refractivity contribution in [2.75, 3.05) is 7.11 Å². The van der Waals surface area contributed by atoms with E-state index in [1.54, 1.807) is 31.2 Å². The van der Waals surface area contributed by atoms with E-state index in [4.69, 9.17) is 14.2 Å². The first-order valence-corrected chi connectivity index (χ1v) is 8.76. The molecular weight excluding hydrogens is 391 g/mol. The summed E-state index contributed by atoms with van der Waals surface area (Å²) in [4.78, 5) is 11.6. The molecule has 0 aromatic heterocycles. The second kappa shape index (κ2) is 8.85. The Morgan fingerprint density at radius 1 is 1.16 bits per heavy atom. The molecule has 6 heteroatoms. The van der Waals surface area contributed by atoms with E-state index >= 15 is 0 Å². The first-order chi connectivity index (χ1) is 12.0. The number of hydrogen-bond acceptors (Lipinski definition) is 4. The third-order valence-electron chi connectivity index (χ3n) is 3.68. The molecule has 0 radical (unpaired) electrons. The second-order valence-corrected chi connectivity index (χ2v) is 6.14. The standard InChI is InChI=1S/C19H20BrFO4/c1-4-12-9-14(20)18(10-15(12)21)24-11-13-16(23-3)7-6-8-17(13)25-19(22)5-2/h6-10H,4-5,11H2,1-3H3. The third kappa shape index (κ3) is 4.72. The van der Waals surface area contributed by atoms with Crippen LogP contribution in [0.3, 0.4) is 0 Å². The van der Waals surface area contributed by atoms with E-state index in [1.807, 2.05) is 6.92 Å². The summed E-state index contributed by atoms with van der Waals surface area (Å²) in [5.74, 6) is 0.594. The first-order valence-electron chi connectivity index (χ1n) is 7.97. The first kappa shape index (κ1) is 19.2. The van der Waals surface area contributed by atoms with E-state index in [1.165, 1.54) is 13.2 Å². The Bertz CT molecular complexity index is 761. The molecule has 0 saturated heterocycles. The molecule has 0 aliphatic rings. The Hall–Kier alpha value is -2.08. The van der Waals surface area contributed by atoms with Gasteiger partial charge in [-0.25, -0.2) is 4.39 Å². The molecular formula is C19H20BrFO4. The number of hydrogen-bond donors (Lipinski definition) is 0. The van der Waals surface area contributed by atoms with Gasteiger partial charge in [0.2, 0.25) is 0 Å². The zero-order valence-electron chi connectivity index (χ0n) is 14.4. The number of ether oxygens (including phenoxy) is 3. The van der Waals surface area contributed by atoms with Gasteiger partial charge in [-0.1, -0.05) is 19.9 Å². The van der Waals surface area contributed by atoms with Gasteiger partial charge in [0.05, 0.1) is 17.1 Å². The van der Waals surface area contributed by atoms with Crippen molar-refractivity contribution in [2.45, 2.75) is 33.3 Å². The van der Waals surface area contributed by atoms with Crippen molar-refractivity contribution in [1.82, 2.24) is 0 Å². The molecule has 4 nitrogen and oxygen atoms in total. The predicted octanol–water partition coefficient (Wildman–Crippen LogP) is 5.05. The number of aryl methyl sites for hydroxylation is 1. The number of benzene rings is 2. The van der Waals surface area contributed by atoms with Crippen LogP contribution in [-0.2, 0) is 17.8 Å². The van der Waals surface area contributed by atoms with Crippen molar-refractivity contribution < 1.29 is 23.4 Å². The summed E-state index contributed by atoms with van der Waals surface area (Å²) in [5, 5.41) is 0. The van der Waals surface area contributed by atoms with Crippen LogP contribution in [-0.4, -0.2) is 13.1 Å². The Kier molecular flexibility index (Phi) is 6.82. The number of carbonyl (C=O) groups excluding carboxylic acids is 1. The SMILES string of the molecule is CCC(=O)Oc1cccc(OC)c1COc1cc(F)c(CC)cc1Br. The van der Waals surface area contributed by atoms with Crippen LogP contribution in [0.15, 0.2) is 34.8 Å². The monoisotopic (exact) mass is 410 g/mol. The molecule has 0 spiro atoms. The molecule has 2 aromatic rings. The smallest absolute Gasteiger partial charge is 0.310 e. The molecule has 2 aromatic carbocycles. The Balaban J connectivity index is 2.28. The maximum atomic E-state index is 14.0. The summed E-state index contributed by atoms with van der Waals surface area (Å²) in [6.07, 6.45) is 0.848. The zero-order valence-corrected chi connectivity index (χ0v) is 16.0. The van der Waals surface area contributed by atoms with Crippen LogP contribution in [0.4, 0.5) is 4.39 Å². The molecule has 0 aliphatic carbocycles. The highest BCUT2D eigenvalue weighted by Gasteiger charge is 2.15. The number of rotatable bonds is 7. The summed E-state index contributed by atoms with van der Waals surface area (Å²) in [6.45, 7) is 3.67. The van der Waals surface area contributed by atoms with Gasteiger partial charge in [-0.2, -0.15) is 0 Å². The van der Waals surface area contributed by atoms with Gasteiger partial charge in [-0.3, -0.25) is 4.79 Å². The van der Waals surface area contributed by atoms with Crippen LogP contribution in [0.1, 0.15) is 31.4 Å². The van der Waals surface area contributed by atoms with Gasteiger partial charge in [-0.05, 0) is 46.1 Å². The average molecular weight is 411 g/mol. The Morgan fingerprint density at radius 3 is 2.52 bits per heavy atom. The van der Waals surface area contributed by atoms with Gasteiger partial charge in [0.1, 0.15) is 29.7 Å². The van der Waals surface area contributed by atoms with E-state index in [0.717, 1.165) is 0 Å². The lowest BCUT2D eigenvalue weighted by molar-refractivity contribution is -0.134. The molecule has 0 amide bonds. The number of methoxy groups -OCH3 is 1. The Morgan fingerprint density at radius 2 is 1.88 bits per heavy atom. The molecule has 0 unspecified atom stereocenters. The van der Waals surface area contributed by atoms with Crippen molar-refractivity contribution in [3.63, 3.8) is 0 Å². The molecule has 0 bridgehead atoms. The topological polar surface area (TPSA) is 44.8 Å². The molecule has 0 N–H and O–H groups in total. The zero-order chi connectivity index (χ0) is 18.4. The molecule has 0 heterocycles. The highest BCUT2D eigenvalue weighted by molar-refractivity contribution is 9.10. The number of carbonyl (C=O) groups is 1. The van der Waals surface area contributed by atoms with Gasteiger partial charge in [-0.15, -0.1) is 0 Å². The van der Waals surface area contributed by atoms with Crippen LogP contribution < -0.4 is 14.2 Å². The normalized spacial score (nSPS) is 10.4. The number of halogens is 2. The minimum absolute atomic E-state index is 0.0693. The van der Waals surface area contributed by atoms with Crippen LogP contribution in [0.5, 0.6) is 17.2 Å². The van der Waals surface area contributed by atoms with Crippen LogP contribution in [0.25, 0.3) is 0 Å². The minimum atomic E-state index is -0.353. The fourth-order valence-corrected chi connectivity index (χ4v) is 2.78. The van der Waals surface area contributed by atoms with E-state index in [0.29, 0.717) is 39.3 Å². The highest BCUT2D eigenvalue weighted by atomic mass is 79.9. The summed E-state index contributed by atoms with van der Waals surface area (Å²) in [6, 6.07) is 8.19. The third-order valence-corrected chi connectivity index (χ3v) is 4.30. The molecule has 0 fully saturated rings. The maximum absolute atomic E-state index is 14.0. The predicted molar refractivity (Wildman–Crippen MR) is 96.7 cm³/mol. The summed E-state index contributed by atoms with van der Waals surface area (Å²) < 4.78 is 31.1. The fraction of sp³-hybridized carbons (Fsp3) is 0.316. The van der Waals surface area contributed by atoms with E-state index < -0.39 is 0 Å². The van der Waals surface area contributed by atoms with Crippen molar-refractivity contribution >= 4 is 21.9 Å². The molecule has 0 aliphatic heterocycles. The summed E-state index contributed by atoms with van der Waals surface area (Å²) in [5.41, 5.74) is 1.19. The minimum Gasteiger partial charge on any atom is -0.496 e. The molecule has 0 atom stereocenters. The highest BCUT2D eigenvalue weighted by Crippen LogP contribution is 2.33. The van der Waals surface area contributed by atoms with Gasteiger partial charge < -0.3 is 14.2 Å². The van der Waals surface area contributed by atoms with Crippen molar-refractivity contribution in [3.8, 4) is 17.2 Å². The Labute approximate surface area is 155 Å². The molecule has 25 heavy (non-hydrogen) atoms. The van der Waals surface area contributed by atoms with Crippen molar-refractivity contribution in [2.24, 2.45) is 0 Å². The van der Waals surface area contributed by atoms with E-state index in [2.05, 4.69) is 15.9 Å². The lowest BCUT2D eigenvalue weighted by Crippen LogP contribution is -2.09. The van der Waals surface area contributed by atoms with E-state index in [9.17, 15) is 9.18 Å².